The number of ether oxygens (including phenoxy) is 2. The van der Waals surface area contributed by atoms with Crippen molar-refractivity contribution in [1.82, 2.24) is 0 Å². The van der Waals surface area contributed by atoms with Gasteiger partial charge in [-0.25, -0.2) is 0 Å². The molecule has 0 spiro atoms. The van der Waals surface area contributed by atoms with E-state index in [0.717, 1.165) is 38.0 Å². The number of benzene rings is 1. The van der Waals surface area contributed by atoms with E-state index >= 15 is 0 Å². The van der Waals surface area contributed by atoms with Crippen LogP contribution in [0.4, 0.5) is 17.1 Å². The van der Waals surface area contributed by atoms with Crippen LogP contribution in [0.3, 0.4) is 0 Å². The molecule has 0 amide bonds. The van der Waals surface area contributed by atoms with E-state index in [1.807, 2.05) is 12.1 Å². The van der Waals surface area contributed by atoms with Gasteiger partial charge in [0.15, 0.2) is 0 Å². The van der Waals surface area contributed by atoms with Crippen molar-refractivity contribution in [2.24, 2.45) is 11.8 Å². The maximum atomic E-state index is 11.8. The summed E-state index contributed by atoms with van der Waals surface area (Å²) in [5, 5.41) is 28.4. The molecule has 4 aliphatic rings. The predicted molar refractivity (Wildman–Crippen MR) is 116 cm³/mol. The largest absolute Gasteiger partial charge is 0.382 e. The lowest BCUT2D eigenvalue weighted by Crippen LogP contribution is -2.36. The summed E-state index contributed by atoms with van der Waals surface area (Å²) in [4.78, 5) is 11.4. The van der Waals surface area contributed by atoms with E-state index in [9.17, 15) is 15.4 Å². The molecule has 2 saturated heterocycles. The second-order valence-electron chi connectivity index (χ2n) is 9.51. The van der Waals surface area contributed by atoms with E-state index in [1.54, 1.807) is 6.07 Å². The molecule has 1 aromatic rings. The molecule has 5 rings (SSSR count). The lowest BCUT2D eigenvalue weighted by molar-refractivity contribution is -0.384. The van der Waals surface area contributed by atoms with Crippen molar-refractivity contribution in [1.29, 1.82) is 5.26 Å². The monoisotopic (exact) mass is 426 g/mol. The van der Waals surface area contributed by atoms with Crippen LogP contribution in [0.2, 0.25) is 0 Å². The summed E-state index contributed by atoms with van der Waals surface area (Å²) in [7, 11) is 0. The third-order valence-corrected chi connectivity index (χ3v) is 7.07. The first-order valence-electron chi connectivity index (χ1n) is 11.6. The first-order chi connectivity index (χ1) is 15.1. The standard InChI is InChI=1S/C23H30N4O4/c24-13-16-9-19(25-17-5-7-30-21(11-17)14-1-2-14)10-20(23(16)27(28)29)26-18-6-8-31-22(12-18)15-3-4-15/h9-10,14-15,17-18,21-22,25-26H,1-8,11-12H2. The van der Waals surface area contributed by atoms with Gasteiger partial charge in [-0.3, -0.25) is 10.1 Å². The molecule has 4 unspecified atom stereocenters. The van der Waals surface area contributed by atoms with Gasteiger partial charge in [-0.05, 0) is 75.3 Å². The number of hydrogen-bond donors (Lipinski definition) is 2. The maximum Gasteiger partial charge on any atom is 0.310 e. The van der Waals surface area contributed by atoms with E-state index in [-0.39, 0.29) is 29.4 Å². The number of nitrogens with zero attached hydrogens (tertiary/aromatic N) is 2. The van der Waals surface area contributed by atoms with Gasteiger partial charge in [0, 0.05) is 31.0 Å². The maximum absolute atomic E-state index is 11.8. The van der Waals surface area contributed by atoms with Gasteiger partial charge in [0.05, 0.1) is 17.1 Å². The van der Waals surface area contributed by atoms with Gasteiger partial charge in [-0.2, -0.15) is 5.26 Å². The zero-order valence-electron chi connectivity index (χ0n) is 17.7. The molecular formula is C23H30N4O4. The fraction of sp³-hybridized carbons (Fsp3) is 0.696. The zero-order valence-corrected chi connectivity index (χ0v) is 17.7. The Morgan fingerprint density at radius 2 is 1.52 bits per heavy atom. The van der Waals surface area contributed by atoms with Gasteiger partial charge in [0.1, 0.15) is 17.3 Å². The molecule has 2 aliphatic heterocycles. The number of nitriles is 1. The average Bonchev–Trinajstić information content (AvgIpc) is 3.66. The SMILES string of the molecule is N#Cc1cc(NC2CCOC(C3CC3)C2)cc(NC2CCOC(C3CC3)C2)c1[N+](=O)[O-]. The highest BCUT2D eigenvalue weighted by atomic mass is 16.6. The third kappa shape index (κ3) is 4.78. The molecular weight excluding hydrogens is 396 g/mol. The summed E-state index contributed by atoms with van der Waals surface area (Å²) in [5.74, 6) is 1.32. The van der Waals surface area contributed by atoms with Gasteiger partial charge >= 0.3 is 5.69 Å². The van der Waals surface area contributed by atoms with Crippen molar-refractivity contribution in [2.75, 3.05) is 23.8 Å². The minimum atomic E-state index is -0.445. The topological polar surface area (TPSA) is 109 Å². The van der Waals surface area contributed by atoms with Gasteiger partial charge in [-0.1, -0.05) is 0 Å². The van der Waals surface area contributed by atoms with E-state index < -0.39 is 4.92 Å². The van der Waals surface area contributed by atoms with Gasteiger partial charge < -0.3 is 20.1 Å². The third-order valence-electron chi connectivity index (χ3n) is 7.07. The Labute approximate surface area is 182 Å². The molecule has 8 nitrogen and oxygen atoms in total. The molecule has 1 aromatic carbocycles. The highest BCUT2D eigenvalue weighted by Gasteiger charge is 2.37. The van der Waals surface area contributed by atoms with Gasteiger partial charge in [0.25, 0.3) is 0 Å². The molecule has 0 bridgehead atoms. The fourth-order valence-electron chi connectivity index (χ4n) is 5.08. The molecule has 2 saturated carbocycles. The molecule has 4 fully saturated rings. The molecule has 166 valence electrons. The minimum absolute atomic E-state index is 0.0918. The number of nitrogens with one attached hydrogen (secondary N) is 2. The van der Waals surface area contributed by atoms with E-state index in [2.05, 4.69) is 10.6 Å². The van der Waals surface area contributed by atoms with Crippen molar-refractivity contribution in [3.63, 3.8) is 0 Å². The van der Waals surface area contributed by atoms with Crippen LogP contribution >= 0.6 is 0 Å². The van der Waals surface area contributed by atoms with Crippen LogP contribution in [0, 0.1) is 33.3 Å². The van der Waals surface area contributed by atoms with E-state index in [0.29, 0.717) is 30.2 Å². The Balaban J connectivity index is 1.35. The molecule has 2 heterocycles. The number of rotatable bonds is 7. The average molecular weight is 427 g/mol. The van der Waals surface area contributed by atoms with E-state index in [1.165, 1.54) is 25.7 Å². The summed E-state index contributed by atoms with van der Waals surface area (Å²) in [6.07, 6.45) is 8.95. The van der Waals surface area contributed by atoms with Crippen molar-refractivity contribution in [2.45, 2.75) is 75.7 Å². The van der Waals surface area contributed by atoms with Gasteiger partial charge in [-0.15, -0.1) is 0 Å². The predicted octanol–water partition coefficient (Wildman–Crippen LogP) is 4.21. The summed E-state index contributed by atoms with van der Waals surface area (Å²) >= 11 is 0. The van der Waals surface area contributed by atoms with Crippen LogP contribution in [0.15, 0.2) is 12.1 Å². The van der Waals surface area contributed by atoms with Crippen LogP contribution in [-0.2, 0) is 9.47 Å². The zero-order chi connectivity index (χ0) is 21.4. The minimum Gasteiger partial charge on any atom is -0.382 e. The molecule has 4 atom stereocenters. The molecule has 0 aromatic heterocycles. The summed E-state index contributed by atoms with van der Waals surface area (Å²) in [6, 6.07) is 5.82. The summed E-state index contributed by atoms with van der Waals surface area (Å²) in [5.41, 5.74) is 1.15. The highest BCUT2D eigenvalue weighted by molar-refractivity contribution is 5.75. The number of anilines is 2. The summed E-state index contributed by atoms with van der Waals surface area (Å²) < 4.78 is 11.8. The number of nitro groups is 1. The quantitative estimate of drug-likeness (QED) is 0.496. The molecule has 31 heavy (non-hydrogen) atoms. The Morgan fingerprint density at radius 1 is 0.935 bits per heavy atom. The van der Waals surface area contributed by atoms with Crippen LogP contribution in [0.1, 0.15) is 56.9 Å². The second-order valence-corrected chi connectivity index (χ2v) is 9.51. The van der Waals surface area contributed by atoms with Crippen LogP contribution in [-0.4, -0.2) is 42.4 Å². The lowest BCUT2D eigenvalue weighted by Gasteiger charge is -2.32. The second kappa shape index (κ2) is 8.64. The highest BCUT2D eigenvalue weighted by Crippen LogP contribution is 2.41. The Morgan fingerprint density at radius 3 is 2.03 bits per heavy atom. The van der Waals surface area contributed by atoms with Crippen molar-refractivity contribution >= 4 is 17.1 Å². The Hall–Kier alpha value is -2.37. The molecule has 2 N–H and O–H groups in total. The molecule has 2 aliphatic carbocycles. The van der Waals surface area contributed by atoms with Crippen LogP contribution in [0.5, 0.6) is 0 Å². The Bertz CT molecular complexity index is 877. The normalized spacial score (nSPS) is 30.9. The fourth-order valence-corrected chi connectivity index (χ4v) is 5.08. The van der Waals surface area contributed by atoms with Crippen LogP contribution in [0.25, 0.3) is 0 Å². The number of hydrogen-bond acceptors (Lipinski definition) is 7. The summed E-state index contributed by atoms with van der Waals surface area (Å²) in [6.45, 7) is 1.40. The van der Waals surface area contributed by atoms with Crippen molar-refractivity contribution in [3.05, 3.63) is 27.8 Å². The first-order valence-corrected chi connectivity index (χ1v) is 11.6. The van der Waals surface area contributed by atoms with E-state index in [4.69, 9.17) is 9.47 Å². The Kier molecular flexibility index (Phi) is 5.72. The molecule has 8 heteroatoms. The van der Waals surface area contributed by atoms with Crippen molar-refractivity contribution in [3.8, 4) is 6.07 Å². The van der Waals surface area contributed by atoms with Crippen molar-refractivity contribution < 1.29 is 14.4 Å². The van der Waals surface area contributed by atoms with Crippen LogP contribution < -0.4 is 10.6 Å². The number of nitro benzene ring substituents is 1. The van der Waals surface area contributed by atoms with Gasteiger partial charge in [0.2, 0.25) is 0 Å². The lowest BCUT2D eigenvalue weighted by atomic mass is 9.98. The smallest absolute Gasteiger partial charge is 0.310 e. The first kappa shape index (κ1) is 20.5. The molecule has 0 radical (unpaired) electrons.